The SMILES string of the molecule is Cc1ccc(C(=O)N2CCN(CCOc3ccccc3)CC2)cc1N1C(=O)C2CCCCC2C1=O. The number of nitrogens with zero attached hydrogens (tertiary/aromatic N) is 3. The summed E-state index contributed by atoms with van der Waals surface area (Å²) in [6.45, 7) is 6.16. The number of hydrogen-bond donors (Lipinski definition) is 0. The second-order valence-electron chi connectivity index (χ2n) is 9.81. The van der Waals surface area contributed by atoms with Crippen LogP contribution >= 0.6 is 0 Å². The number of anilines is 1. The van der Waals surface area contributed by atoms with Gasteiger partial charge in [0.2, 0.25) is 11.8 Å². The third kappa shape index (κ3) is 4.82. The van der Waals surface area contributed by atoms with Crippen molar-refractivity contribution in [2.45, 2.75) is 32.6 Å². The summed E-state index contributed by atoms with van der Waals surface area (Å²) in [5, 5.41) is 0. The fourth-order valence-corrected chi connectivity index (χ4v) is 5.55. The maximum Gasteiger partial charge on any atom is 0.254 e. The van der Waals surface area contributed by atoms with E-state index in [1.165, 1.54) is 4.90 Å². The Morgan fingerprint density at radius 2 is 1.57 bits per heavy atom. The highest BCUT2D eigenvalue weighted by Crippen LogP contribution is 2.41. The Labute approximate surface area is 206 Å². The van der Waals surface area contributed by atoms with Gasteiger partial charge in [0.1, 0.15) is 12.4 Å². The lowest BCUT2D eigenvalue weighted by molar-refractivity contribution is -0.122. The van der Waals surface area contributed by atoms with Gasteiger partial charge in [-0.2, -0.15) is 0 Å². The van der Waals surface area contributed by atoms with Crippen molar-refractivity contribution >= 4 is 23.4 Å². The number of piperazine rings is 1. The maximum absolute atomic E-state index is 13.3. The van der Waals surface area contributed by atoms with Gasteiger partial charge in [0.05, 0.1) is 17.5 Å². The number of ether oxygens (including phenoxy) is 1. The summed E-state index contributed by atoms with van der Waals surface area (Å²) in [6, 6.07) is 15.2. The second kappa shape index (κ2) is 10.2. The van der Waals surface area contributed by atoms with Gasteiger partial charge < -0.3 is 9.64 Å². The summed E-state index contributed by atoms with van der Waals surface area (Å²) >= 11 is 0. The van der Waals surface area contributed by atoms with Crippen LogP contribution in [0.2, 0.25) is 0 Å². The summed E-state index contributed by atoms with van der Waals surface area (Å²) in [7, 11) is 0. The van der Waals surface area contributed by atoms with Gasteiger partial charge in [0, 0.05) is 38.3 Å². The summed E-state index contributed by atoms with van der Waals surface area (Å²) in [6.07, 6.45) is 3.56. The molecule has 3 fully saturated rings. The van der Waals surface area contributed by atoms with Crippen molar-refractivity contribution in [3.63, 3.8) is 0 Å². The minimum Gasteiger partial charge on any atom is -0.492 e. The van der Waals surface area contributed by atoms with E-state index in [9.17, 15) is 14.4 Å². The number of carbonyl (C=O) groups is 3. The molecule has 2 atom stereocenters. The highest BCUT2D eigenvalue weighted by Gasteiger charge is 2.49. The quantitative estimate of drug-likeness (QED) is 0.598. The molecule has 7 nitrogen and oxygen atoms in total. The highest BCUT2D eigenvalue weighted by atomic mass is 16.5. The number of carbonyl (C=O) groups excluding carboxylic acids is 3. The number of aryl methyl sites for hydroxylation is 1. The molecule has 0 N–H and O–H groups in total. The van der Waals surface area contributed by atoms with Gasteiger partial charge in [0.15, 0.2) is 0 Å². The first kappa shape index (κ1) is 23.5. The van der Waals surface area contributed by atoms with E-state index in [4.69, 9.17) is 4.74 Å². The summed E-state index contributed by atoms with van der Waals surface area (Å²) < 4.78 is 5.80. The van der Waals surface area contributed by atoms with E-state index in [2.05, 4.69) is 4.90 Å². The number of rotatable bonds is 6. The van der Waals surface area contributed by atoms with Crippen LogP contribution in [-0.4, -0.2) is 66.9 Å². The van der Waals surface area contributed by atoms with Crippen LogP contribution in [0.3, 0.4) is 0 Å². The molecular formula is C28H33N3O4. The topological polar surface area (TPSA) is 70.2 Å². The second-order valence-corrected chi connectivity index (χ2v) is 9.81. The zero-order chi connectivity index (χ0) is 24.4. The summed E-state index contributed by atoms with van der Waals surface area (Å²) in [5.74, 6) is 0.217. The Morgan fingerprint density at radius 3 is 2.23 bits per heavy atom. The third-order valence-electron chi connectivity index (χ3n) is 7.62. The number of benzene rings is 2. The Balaban J connectivity index is 1.20. The van der Waals surface area contributed by atoms with Crippen LogP contribution in [0.25, 0.3) is 0 Å². The Kier molecular flexibility index (Phi) is 6.86. The Morgan fingerprint density at radius 1 is 0.914 bits per heavy atom. The van der Waals surface area contributed by atoms with E-state index in [1.807, 2.05) is 48.2 Å². The Hall–Kier alpha value is -3.19. The van der Waals surface area contributed by atoms with Gasteiger partial charge in [-0.25, -0.2) is 4.90 Å². The monoisotopic (exact) mass is 475 g/mol. The lowest BCUT2D eigenvalue weighted by Crippen LogP contribution is -2.49. The molecule has 2 saturated heterocycles. The van der Waals surface area contributed by atoms with Crippen molar-refractivity contribution in [3.05, 3.63) is 59.7 Å². The first-order valence-corrected chi connectivity index (χ1v) is 12.7. The standard InChI is InChI=1S/C28H33N3O4/c1-20-11-12-21(19-25(20)31-27(33)23-9-5-6-10-24(23)28(31)34)26(32)30-15-13-29(14-16-30)17-18-35-22-7-3-2-4-8-22/h2-4,7-8,11-12,19,23-24H,5-6,9-10,13-18H2,1H3. The van der Waals surface area contributed by atoms with Crippen molar-refractivity contribution in [2.24, 2.45) is 11.8 Å². The molecule has 2 aromatic rings. The smallest absolute Gasteiger partial charge is 0.254 e. The average Bonchev–Trinajstić information content (AvgIpc) is 3.15. The Bertz CT molecular complexity index is 1070. The van der Waals surface area contributed by atoms with Crippen LogP contribution in [0.15, 0.2) is 48.5 Å². The van der Waals surface area contributed by atoms with E-state index in [0.29, 0.717) is 30.9 Å². The van der Waals surface area contributed by atoms with Crippen molar-refractivity contribution in [1.29, 1.82) is 0 Å². The van der Waals surface area contributed by atoms with Crippen molar-refractivity contribution in [2.75, 3.05) is 44.2 Å². The molecule has 2 unspecified atom stereocenters. The molecule has 2 aromatic carbocycles. The molecule has 35 heavy (non-hydrogen) atoms. The maximum atomic E-state index is 13.3. The highest BCUT2D eigenvalue weighted by molar-refractivity contribution is 6.22. The number of fused-ring (bicyclic) bond motifs is 1. The molecule has 2 heterocycles. The first-order valence-electron chi connectivity index (χ1n) is 12.7. The molecule has 5 rings (SSSR count). The van der Waals surface area contributed by atoms with Gasteiger partial charge in [-0.05, 0) is 49.6 Å². The zero-order valence-corrected chi connectivity index (χ0v) is 20.3. The lowest BCUT2D eigenvalue weighted by atomic mass is 9.81. The van der Waals surface area contributed by atoms with E-state index in [-0.39, 0.29) is 29.6 Å². The van der Waals surface area contributed by atoms with Crippen LogP contribution in [0.5, 0.6) is 5.75 Å². The van der Waals surface area contributed by atoms with Gasteiger partial charge >= 0.3 is 0 Å². The fourth-order valence-electron chi connectivity index (χ4n) is 5.55. The van der Waals surface area contributed by atoms with Crippen LogP contribution in [-0.2, 0) is 9.59 Å². The van der Waals surface area contributed by atoms with E-state index in [0.717, 1.165) is 56.6 Å². The molecule has 3 aliphatic rings. The number of hydrogen-bond acceptors (Lipinski definition) is 5. The predicted molar refractivity (Wildman–Crippen MR) is 133 cm³/mol. The average molecular weight is 476 g/mol. The largest absolute Gasteiger partial charge is 0.492 e. The first-order chi connectivity index (χ1) is 17.0. The predicted octanol–water partition coefficient (Wildman–Crippen LogP) is 3.51. The summed E-state index contributed by atoms with van der Waals surface area (Å²) in [4.78, 5) is 45.0. The van der Waals surface area contributed by atoms with Crippen molar-refractivity contribution in [3.8, 4) is 5.75 Å². The van der Waals surface area contributed by atoms with E-state index < -0.39 is 0 Å². The number of para-hydroxylation sites is 1. The van der Waals surface area contributed by atoms with Gasteiger partial charge in [-0.1, -0.05) is 37.1 Å². The van der Waals surface area contributed by atoms with Gasteiger partial charge in [0.25, 0.3) is 5.91 Å². The van der Waals surface area contributed by atoms with Crippen LogP contribution in [0, 0.1) is 18.8 Å². The molecule has 0 aromatic heterocycles. The normalized spacial score (nSPS) is 22.9. The molecule has 2 aliphatic heterocycles. The minimum absolute atomic E-state index is 0.0528. The molecule has 3 amide bonds. The van der Waals surface area contributed by atoms with E-state index in [1.54, 1.807) is 12.1 Å². The van der Waals surface area contributed by atoms with Crippen LogP contribution < -0.4 is 9.64 Å². The van der Waals surface area contributed by atoms with Crippen LogP contribution in [0.1, 0.15) is 41.6 Å². The molecule has 0 radical (unpaired) electrons. The van der Waals surface area contributed by atoms with Crippen molar-refractivity contribution in [1.82, 2.24) is 9.80 Å². The van der Waals surface area contributed by atoms with Crippen molar-refractivity contribution < 1.29 is 19.1 Å². The molecule has 0 spiro atoms. The molecule has 1 aliphatic carbocycles. The fraction of sp³-hybridized carbons (Fsp3) is 0.464. The summed E-state index contributed by atoms with van der Waals surface area (Å²) in [5.41, 5.74) is 1.93. The molecule has 184 valence electrons. The molecule has 1 saturated carbocycles. The van der Waals surface area contributed by atoms with Gasteiger partial charge in [-0.3, -0.25) is 19.3 Å². The molecular weight excluding hydrogens is 442 g/mol. The number of amides is 3. The van der Waals surface area contributed by atoms with Gasteiger partial charge in [-0.15, -0.1) is 0 Å². The minimum atomic E-state index is -0.200. The third-order valence-corrected chi connectivity index (χ3v) is 7.62. The molecule has 7 heteroatoms. The van der Waals surface area contributed by atoms with Crippen LogP contribution in [0.4, 0.5) is 5.69 Å². The molecule has 0 bridgehead atoms. The lowest BCUT2D eigenvalue weighted by Gasteiger charge is -2.34. The zero-order valence-electron chi connectivity index (χ0n) is 20.3. The number of imide groups is 1. The van der Waals surface area contributed by atoms with E-state index >= 15 is 0 Å².